The molecule has 1 aromatic carbocycles. The van der Waals surface area contributed by atoms with Crippen LogP contribution in [0.2, 0.25) is 0 Å². The summed E-state index contributed by atoms with van der Waals surface area (Å²) in [6, 6.07) is 9.20. The maximum atomic E-state index is 11.7. The minimum absolute atomic E-state index is 0.168. The van der Waals surface area contributed by atoms with Crippen LogP contribution in [0.15, 0.2) is 40.3 Å². The smallest absolute Gasteiger partial charge is 0.252 e. The second-order valence-corrected chi connectivity index (χ2v) is 5.49. The zero-order chi connectivity index (χ0) is 16.4. The van der Waals surface area contributed by atoms with E-state index in [1.165, 1.54) is 0 Å². The largest absolute Gasteiger partial charge is 0.493 e. The Morgan fingerprint density at radius 1 is 1.17 bits per heavy atom. The van der Waals surface area contributed by atoms with Crippen molar-refractivity contribution < 1.29 is 18.7 Å². The van der Waals surface area contributed by atoms with Crippen molar-refractivity contribution in [1.82, 2.24) is 5.32 Å². The summed E-state index contributed by atoms with van der Waals surface area (Å²) in [5, 5.41) is 2.61. The molecule has 6 heteroatoms. The van der Waals surface area contributed by atoms with Crippen molar-refractivity contribution in [1.29, 1.82) is 0 Å². The molecular weight excluding hydrogens is 314 g/mol. The number of methoxy groups -OCH3 is 2. The fourth-order valence-electron chi connectivity index (χ4n) is 2.37. The molecule has 0 atom stereocenters. The number of carbonyl (C=O) groups excluding carboxylic acids is 1. The van der Waals surface area contributed by atoms with Gasteiger partial charge in [0.05, 0.1) is 19.2 Å². The van der Waals surface area contributed by atoms with E-state index >= 15 is 0 Å². The fourth-order valence-corrected chi connectivity index (χ4v) is 2.62. The highest BCUT2D eigenvalue weighted by molar-refractivity contribution is 7.80. The zero-order valence-electron chi connectivity index (χ0n) is 12.7. The summed E-state index contributed by atoms with van der Waals surface area (Å²) < 4.78 is 16.3. The highest BCUT2D eigenvalue weighted by atomic mass is 32.1. The van der Waals surface area contributed by atoms with Gasteiger partial charge in [-0.15, -0.1) is 0 Å². The third-order valence-corrected chi connectivity index (χ3v) is 3.75. The molecule has 23 heavy (non-hydrogen) atoms. The molecule has 1 amide bonds. The lowest BCUT2D eigenvalue weighted by Gasteiger charge is -2.08. The fraction of sp³-hybridized carbons (Fsp3) is 0.176. The molecule has 1 fully saturated rings. The topological polar surface area (TPSA) is 60.7 Å². The number of hydrogen-bond donors (Lipinski definition) is 1. The summed E-state index contributed by atoms with van der Waals surface area (Å²) in [6.07, 6.45) is 2.15. The molecular formula is C17H15NO4S. The standard InChI is InChI=1S/C17H15NO4S/c1-20-14-5-3-10(8-15(14)21-2)13-6-4-12(22-13)7-11-9-16(23)18-17(11)19/h3-8H,9H2,1-2H3,(H,18,19,23). The van der Waals surface area contributed by atoms with Crippen molar-refractivity contribution in [2.24, 2.45) is 0 Å². The maximum absolute atomic E-state index is 11.7. The average Bonchev–Trinajstić information content (AvgIpc) is 3.13. The lowest BCUT2D eigenvalue weighted by atomic mass is 10.1. The summed E-state index contributed by atoms with van der Waals surface area (Å²) in [6.45, 7) is 0. The van der Waals surface area contributed by atoms with E-state index in [2.05, 4.69) is 5.32 Å². The lowest BCUT2D eigenvalue weighted by molar-refractivity contribution is -0.115. The van der Waals surface area contributed by atoms with Crippen LogP contribution in [-0.4, -0.2) is 25.1 Å². The van der Waals surface area contributed by atoms with Crippen LogP contribution < -0.4 is 14.8 Å². The van der Waals surface area contributed by atoms with Crippen molar-refractivity contribution in [3.8, 4) is 22.8 Å². The van der Waals surface area contributed by atoms with Crippen molar-refractivity contribution in [2.45, 2.75) is 6.42 Å². The van der Waals surface area contributed by atoms with Crippen molar-refractivity contribution in [3.05, 3.63) is 41.7 Å². The van der Waals surface area contributed by atoms with E-state index in [-0.39, 0.29) is 5.91 Å². The summed E-state index contributed by atoms with van der Waals surface area (Å²) in [5.41, 5.74) is 1.46. The summed E-state index contributed by atoms with van der Waals surface area (Å²) in [7, 11) is 3.17. The van der Waals surface area contributed by atoms with Crippen LogP contribution in [0.3, 0.4) is 0 Å². The highest BCUT2D eigenvalue weighted by Crippen LogP contribution is 2.33. The van der Waals surface area contributed by atoms with E-state index < -0.39 is 0 Å². The number of hydrogen-bond acceptors (Lipinski definition) is 5. The summed E-state index contributed by atoms with van der Waals surface area (Å²) in [5.74, 6) is 2.39. The first kappa shape index (κ1) is 15.3. The number of rotatable bonds is 4. The Bertz CT molecular complexity index is 807. The molecule has 0 radical (unpaired) electrons. The normalized spacial score (nSPS) is 15.8. The molecule has 0 spiro atoms. The number of furan rings is 1. The molecule has 1 aromatic heterocycles. The highest BCUT2D eigenvalue weighted by Gasteiger charge is 2.21. The van der Waals surface area contributed by atoms with Gasteiger partial charge in [0.25, 0.3) is 5.91 Å². The number of nitrogens with one attached hydrogen (secondary N) is 1. The molecule has 118 valence electrons. The molecule has 2 aromatic rings. The van der Waals surface area contributed by atoms with Gasteiger partial charge in [0.15, 0.2) is 11.5 Å². The molecule has 1 aliphatic rings. The predicted molar refractivity (Wildman–Crippen MR) is 90.6 cm³/mol. The van der Waals surface area contributed by atoms with Gasteiger partial charge in [-0.05, 0) is 36.4 Å². The van der Waals surface area contributed by atoms with Crippen molar-refractivity contribution in [3.63, 3.8) is 0 Å². The van der Waals surface area contributed by atoms with Gasteiger partial charge in [0.2, 0.25) is 0 Å². The van der Waals surface area contributed by atoms with Crippen molar-refractivity contribution in [2.75, 3.05) is 14.2 Å². The van der Waals surface area contributed by atoms with Crippen LogP contribution >= 0.6 is 12.2 Å². The van der Waals surface area contributed by atoms with Crippen LogP contribution in [0.1, 0.15) is 12.2 Å². The number of thiocarbonyl (C=S) groups is 1. The van der Waals surface area contributed by atoms with Crippen LogP contribution in [0.25, 0.3) is 17.4 Å². The van der Waals surface area contributed by atoms with E-state index in [9.17, 15) is 4.79 Å². The molecule has 0 aliphatic carbocycles. The van der Waals surface area contributed by atoms with Crippen LogP contribution in [-0.2, 0) is 4.79 Å². The van der Waals surface area contributed by atoms with Crippen LogP contribution in [0.4, 0.5) is 0 Å². The second-order valence-electron chi connectivity index (χ2n) is 5.00. The first-order valence-electron chi connectivity index (χ1n) is 6.97. The first-order chi connectivity index (χ1) is 11.1. The van der Waals surface area contributed by atoms with E-state index in [4.69, 9.17) is 26.1 Å². The summed E-state index contributed by atoms with van der Waals surface area (Å²) in [4.78, 5) is 12.2. The van der Waals surface area contributed by atoms with E-state index in [1.807, 2.05) is 30.3 Å². The number of carbonyl (C=O) groups is 1. The number of ether oxygens (including phenoxy) is 2. The third-order valence-electron chi connectivity index (χ3n) is 3.51. The second kappa shape index (κ2) is 6.26. The average molecular weight is 329 g/mol. The van der Waals surface area contributed by atoms with Gasteiger partial charge in [0.1, 0.15) is 11.5 Å². The van der Waals surface area contributed by atoms with Crippen molar-refractivity contribution >= 4 is 29.2 Å². The predicted octanol–water partition coefficient (Wildman–Crippen LogP) is 3.19. The number of amides is 1. The molecule has 3 rings (SSSR count). The van der Waals surface area contributed by atoms with Gasteiger partial charge in [-0.1, -0.05) is 12.2 Å². The molecule has 2 heterocycles. The Hall–Kier alpha value is -2.60. The Morgan fingerprint density at radius 2 is 1.96 bits per heavy atom. The SMILES string of the molecule is COc1ccc(-c2ccc(C=C3CC(=S)NC3=O)o2)cc1OC. The van der Waals surface area contributed by atoms with E-state index in [1.54, 1.807) is 20.3 Å². The first-order valence-corrected chi connectivity index (χ1v) is 7.38. The Kier molecular flexibility index (Phi) is 4.16. The van der Waals surface area contributed by atoms with E-state index in [0.717, 1.165) is 5.56 Å². The molecule has 0 unspecified atom stereocenters. The zero-order valence-corrected chi connectivity index (χ0v) is 13.5. The Labute approximate surface area is 138 Å². The van der Waals surface area contributed by atoms with Gasteiger partial charge in [0, 0.05) is 17.6 Å². The van der Waals surface area contributed by atoms with Gasteiger partial charge >= 0.3 is 0 Å². The maximum Gasteiger partial charge on any atom is 0.252 e. The van der Waals surface area contributed by atoms with Crippen LogP contribution in [0.5, 0.6) is 11.5 Å². The van der Waals surface area contributed by atoms with Gasteiger partial charge in [-0.2, -0.15) is 0 Å². The minimum Gasteiger partial charge on any atom is -0.493 e. The van der Waals surface area contributed by atoms with E-state index in [0.29, 0.717) is 40.0 Å². The van der Waals surface area contributed by atoms with Gasteiger partial charge < -0.3 is 19.2 Å². The molecule has 0 bridgehead atoms. The Morgan fingerprint density at radius 3 is 2.61 bits per heavy atom. The molecule has 1 aliphatic heterocycles. The molecule has 5 nitrogen and oxygen atoms in total. The Balaban J connectivity index is 1.89. The van der Waals surface area contributed by atoms with Crippen LogP contribution in [0, 0.1) is 0 Å². The summed E-state index contributed by atoms with van der Waals surface area (Å²) >= 11 is 4.99. The van der Waals surface area contributed by atoms with Gasteiger partial charge in [-0.3, -0.25) is 4.79 Å². The number of benzene rings is 1. The molecule has 0 saturated carbocycles. The molecule has 1 saturated heterocycles. The minimum atomic E-state index is -0.168. The lowest BCUT2D eigenvalue weighted by Crippen LogP contribution is -2.17. The third kappa shape index (κ3) is 3.12. The molecule has 1 N–H and O–H groups in total. The quantitative estimate of drug-likeness (QED) is 0.689. The van der Waals surface area contributed by atoms with Gasteiger partial charge in [-0.25, -0.2) is 0 Å². The monoisotopic (exact) mass is 329 g/mol.